The van der Waals surface area contributed by atoms with Crippen LogP contribution in [0, 0.1) is 17.8 Å². The molecule has 0 amide bonds. The van der Waals surface area contributed by atoms with Gasteiger partial charge in [0.05, 0.1) is 0 Å². The SMILES string of the molecule is C=C(C)C(=O)OC1(CC)C2=CC3CC(C2)CC1C3. The molecule has 0 aromatic carbocycles. The van der Waals surface area contributed by atoms with Gasteiger partial charge in [0.15, 0.2) is 0 Å². The van der Waals surface area contributed by atoms with Crippen molar-refractivity contribution in [2.75, 3.05) is 0 Å². The summed E-state index contributed by atoms with van der Waals surface area (Å²) >= 11 is 0. The Bertz CT molecular complexity index is 434. The van der Waals surface area contributed by atoms with E-state index in [4.69, 9.17) is 4.74 Å². The summed E-state index contributed by atoms with van der Waals surface area (Å²) in [7, 11) is 0. The molecule has 0 heterocycles. The lowest BCUT2D eigenvalue weighted by Crippen LogP contribution is -2.53. The van der Waals surface area contributed by atoms with Crippen molar-refractivity contribution in [3.05, 3.63) is 23.8 Å². The quantitative estimate of drug-likeness (QED) is 0.432. The van der Waals surface area contributed by atoms with E-state index in [-0.39, 0.29) is 11.6 Å². The Balaban J connectivity index is 1.94. The third-order valence-electron chi connectivity index (χ3n) is 5.14. The third-order valence-corrected chi connectivity index (χ3v) is 5.14. The van der Waals surface area contributed by atoms with Gasteiger partial charge in [-0.05, 0) is 56.4 Å². The molecule has 0 radical (unpaired) electrons. The number of hydrogen-bond acceptors (Lipinski definition) is 2. The van der Waals surface area contributed by atoms with Crippen molar-refractivity contribution in [3.63, 3.8) is 0 Å². The van der Waals surface area contributed by atoms with Crippen LogP contribution >= 0.6 is 0 Å². The fourth-order valence-corrected chi connectivity index (χ4v) is 4.40. The van der Waals surface area contributed by atoms with Gasteiger partial charge in [-0.25, -0.2) is 4.79 Å². The number of esters is 1. The van der Waals surface area contributed by atoms with Gasteiger partial charge in [-0.3, -0.25) is 0 Å². The smallest absolute Gasteiger partial charge is 0.333 e. The van der Waals surface area contributed by atoms with Gasteiger partial charge in [0, 0.05) is 11.5 Å². The van der Waals surface area contributed by atoms with Crippen LogP contribution in [-0.4, -0.2) is 11.6 Å². The van der Waals surface area contributed by atoms with Gasteiger partial charge in [-0.1, -0.05) is 19.6 Å². The van der Waals surface area contributed by atoms with E-state index in [9.17, 15) is 4.79 Å². The molecule has 4 unspecified atom stereocenters. The van der Waals surface area contributed by atoms with Crippen LogP contribution in [0.3, 0.4) is 0 Å². The number of allylic oxidation sites excluding steroid dienone is 1. The molecule has 18 heavy (non-hydrogen) atoms. The zero-order chi connectivity index (χ0) is 12.9. The maximum absolute atomic E-state index is 12.0. The Labute approximate surface area is 109 Å². The van der Waals surface area contributed by atoms with E-state index in [1.54, 1.807) is 6.92 Å². The Morgan fingerprint density at radius 1 is 1.50 bits per heavy atom. The highest BCUT2D eigenvalue weighted by Crippen LogP contribution is 2.57. The zero-order valence-electron chi connectivity index (χ0n) is 11.4. The molecule has 4 rings (SSSR count). The molecule has 0 aromatic rings. The van der Waals surface area contributed by atoms with Crippen LogP contribution in [0.4, 0.5) is 0 Å². The largest absolute Gasteiger partial charge is 0.451 e. The molecule has 2 fully saturated rings. The summed E-state index contributed by atoms with van der Waals surface area (Å²) in [6.45, 7) is 7.59. The van der Waals surface area contributed by atoms with Gasteiger partial charge in [-0.15, -0.1) is 0 Å². The first-order valence-electron chi connectivity index (χ1n) is 7.15. The first-order chi connectivity index (χ1) is 8.55. The molecular formula is C16H22O2. The van der Waals surface area contributed by atoms with Gasteiger partial charge in [0.2, 0.25) is 0 Å². The molecule has 4 aliphatic carbocycles. The standard InChI is InChI=1S/C16H22O2/c1-4-16(18-15(17)10(2)3)13-6-11-5-12(8-13)9-14(16)7-11/h6,11-12,14H,2,4-5,7-9H2,1,3H3. The number of hydrogen-bond donors (Lipinski definition) is 0. The normalized spacial score (nSPS) is 40.6. The summed E-state index contributed by atoms with van der Waals surface area (Å²) in [5.74, 6) is 1.92. The Hall–Kier alpha value is -1.05. The lowest BCUT2D eigenvalue weighted by atomic mass is 9.54. The molecule has 0 aliphatic heterocycles. The number of carbonyl (C=O) groups excluding carboxylic acids is 1. The summed E-state index contributed by atoms with van der Waals surface area (Å²) < 4.78 is 5.92. The van der Waals surface area contributed by atoms with E-state index in [0.717, 1.165) is 24.7 Å². The molecule has 98 valence electrons. The van der Waals surface area contributed by atoms with Gasteiger partial charge >= 0.3 is 5.97 Å². The summed E-state index contributed by atoms with van der Waals surface area (Å²) in [4.78, 5) is 12.0. The Morgan fingerprint density at radius 2 is 2.28 bits per heavy atom. The predicted molar refractivity (Wildman–Crippen MR) is 70.9 cm³/mol. The van der Waals surface area contributed by atoms with Crippen molar-refractivity contribution in [1.82, 2.24) is 0 Å². The fourth-order valence-electron chi connectivity index (χ4n) is 4.40. The predicted octanol–water partition coefficient (Wildman–Crippen LogP) is 3.63. The average Bonchev–Trinajstić information content (AvgIpc) is 2.32. The van der Waals surface area contributed by atoms with Crippen LogP contribution in [0.2, 0.25) is 0 Å². The van der Waals surface area contributed by atoms with E-state index >= 15 is 0 Å². The third kappa shape index (κ3) is 1.58. The molecule has 4 bridgehead atoms. The van der Waals surface area contributed by atoms with Crippen molar-refractivity contribution in [1.29, 1.82) is 0 Å². The van der Waals surface area contributed by atoms with E-state index in [1.807, 2.05) is 0 Å². The van der Waals surface area contributed by atoms with Crippen LogP contribution in [0.25, 0.3) is 0 Å². The summed E-state index contributed by atoms with van der Waals surface area (Å²) in [5.41, 5.74) is 1.62. The summed E-state index contributed by atoms with van der Waals surface area (Å²) in [6, 6.07) is 0. The molecule has 2 heteroatoms. The van der Waals surface area contributed by atoms with Crippen molar-refractivity contribution in [3.8, 4) is 0 Å². The molecular weight excluding hydrogens is 224 g/mol. The molecule has 2 nitrogen and oxygen atoms in total. The first kappa shape index (κ1) is 12.0. The maximum Gasteiger partial charge on any atom is 0.333 e. The van der Waals surface area contributed by atoms with Crippen molar-refractivity contribution >= 4 is 5.97 Å². The van der Waals surface area contributed by atoms with Gasteiger partial charge in [-0.2, -0.15) is 0 Å². The second-order valence-corrected chi connectivity index (χ2v) is 6.34. The number of ether oxygens (including phenoxy) is 1. The monoisotopic (exact) mass is 246 g/mol. The number of rotatable bonds is 3. The van der Waals surface area contributed by atoms with Gasteiger partial charge < -0.3 is 4.74 Å². The number of carbonyl (C=O) groups is 1. The van der Waals surface area contributed by atoms with Gasteiger partial charge in [0.25, 0.3) is 0 Å². The zero-order valence-corrected chi connectivity index (χ0v) is 11.4. The van der Waals surface area contributed by atoms with E-state index < -0.39 is 0 Å². The average molecular weight is 246 g/mol. The molecule has 2 saturated carbocycles. The highest BCUT2D eigenvalue weighted by Gasteiger charge is 2.54. The van der Waals surface area contributed by atoms with E-state index in [1.165, 1.54) is 24.8 Å². The lowest BCUT2D eigenvalue weighted by Gasteiger charge is -2.55. The minimum Gasteiger partial charge on any atom is -0.451 e. The molecule has 0 saturated heterocycles. The Kier molecular flexibility index (Phi) is 2.65. The summed E-state index contributed by atoms with van der Waals surface area (Å²) in [6.07, 6.45) is 8.25. The molecule has 0 spiro atoms. The van der Waals surface area contributed by atoms with E-state index in [0.29, 0.717) is 11.5 Å². The molecule has 0 aromatic heterocycles. The van der Waals surface area contributed by atoms with Crippen LogP contribution < -0.4 is 0 Å². The van der Waals surface area contributed by atoms with Crippen molar-refractivity contribution in [2.24, 2.45) is 17.8 Å². The highest BCUT2D eigenvalue weighted by molar-refractivity contribution is 5.87. The summed E-state index contributed by atoms with van der Waals surface area (Å²) in [5, 5.41) is 0. The first-order valence-corrected chi connectivity index (χ1v) is 7.15. The van der Waals surface area contributed by atoms with Crippen LogP contribution in [0.15, 0.2) is 23.8 Å². The lowest BCUT2D eigenvalue weighted by molar-refractivity contribution is -0.164. The molecule has 4 atom stereocenters. The maximum atomic E-state index is 12.0. The minimum atomic E-state index is -0.302. The van der Waals surface area contributed by atoms with Gasteiger partial charge in [0.1, 0.15) is 5.60 Å². The second kappa shape index (κ2) is 3.97. The van der Waals surface area contributed by atoms with Crippen molar-refractivity contribution in [2.45, 2.75) is 51.6 Å². The minimum absolute atomic E-state index is 0.217. The second-order valence-electron chi connectivity index (χ2n) is 6.34. The Morgan fingerprint density at radius 3 is 2.83 bits per heavy atom. The highest BCUT2D eigenvalue weighted by atomic mass is 16.6. The molecule has 4 aliphatic rings. The van der Waals surface area contributed by atoms with Crippen LogP contribution in [0.1, 0.15) is 46.0 Å². The molecule has 0 N–H and O–H groups in total. The van der Waals surface area contributed by atoms with Crippen LogP contribution in [0.5, 0.6) is 0 Å². The fraction of sp³-hybridized carbons (Fsp3) is 0.688. The van der Waals surface area contributed by atoms with Crippen LogP contribution in [-0.2, 0) is 9.53 Å². The topological polar surface area (TPSA) is 26.3 Å². The van der Waals surface area contributed by atoms with Crippen molar-refractivity contribution < 1.29 is 9.53 Å². The van der Waals surface area contributed by atoms with E-state index in [2.05, 4.69) is 19.6 Å².